The zero-order valence-electron chi connectivity index (χ0n) is 17.0. The second kappa shape index (κ2) is 7.94. The predicted molar refractivity (Wildman–Crippen MR) is 121 cm³/mol. The summed E-state index contributed by atoms with van der Waals surface area (Å²) in [6.07, 6.45) is 2.10. The van der Waals surface area contributed by atoms with E-state index in [4.69, 9.17) is 4.98 Å². The Kier molecular flexibility index (Phi) is 5.14. The Morgan fingerprint density at radius 3 is 2.70 bits per heavy atom. The number of thiazole rings is 1. The average molecular weight is 438 g/mol. The predicted octanol–water partition coefficient (Wildman–Crippen LogP) is 4.09. The molecule has 0 N–H and O–H groups in total. The Labute approximate surface area is 183 Å². The van der Waals surface area contributed by atoms with Gasteiger partial charge in [0.25, 0.3) is 5.91 Å². The number of aryl methyl sites for hydroxylation is 2. The molecular weight excluding hydrogens is 414 g/mol. The molecular formula is C22H23N5OS2. The summed E-state index contributed by atoms with van der Waals surface area (Å²) in [6, 6.07) is 8.28. The highest BCUT2D eigenvalue weighted by atomic mass is 32.1. The Morgan fingerprint density at radius 1 is 1.10 bits per heavy atom. The van der Waals surface area contributed by atoms with Crippen molar-refractivity contribution in [1.82, 2.24) is 24.2 Å². The number of hydrogen-bond donors (Lipinski definition) is 0. The van der Waals surface area contributed by atoms with E-state index in [2.05, 4.69) is 46.5 Å². The van der Waals surface area contributed by atoms with Gasteiger partial charge in [0.05, 0.1) is 16.3 Å². The van der Waals surface area contributed by atoms with Crippen molar-refractivity contribution in [2.75, 3.05) is 26.2 Å². The van der Waals surface area contributed by atoms with Crippen molar-refractivity contribution in [1.29, 1.82) is 0 Å². The van der Waals surface area contributed by atoms with Crippen LogP contribution in [0.4, 0.5) is 0 Å². The molecule has 1 fully saturated rings. The van der Waals surface area contributed by atoms with E-state index in [0.29, 0.717) is 5.69 Å². The Bertz CT molecular complexity index is 1190. The van der Waals surface area contributed by atoms with Crippen molar-refractivity contribution < 1.29 is 4.79 Å². The summed E-state index contributed by atoms with van der Waals surface area (Å²) in [5, 5.41) is 4.84. The van der Waals surface area contributed by atoms with E-state index < -0.39 is 0 Å². The highest BCUT2D eigenvalue weighted by molar-refractivity contribution is 7.20. The zero-order chi connectivity index (χ0) is 20.7. The molecule has 0 bridgehead atoms. The summed E-state index contributed by atoms with van der Waals surface area (Å²) in [4.78, 5) is 27.6. The zero-order valence-corrected chi connectivity index (χ0v) is 18.7. The van der Waals surface area contributed by atoms with Crippen molar-refractivity contribution in [3.63, 3.8) is 0 Å². The molecule has 8 heteroatoms. The molecule has 1 amide bonds. The topological polar surface area (TPSA) is 53.7 Å². The summed E-state index contributed by atoms with van der Waals surface area (Å²) in [5.41, 5.74) is 5.08. The maximum atomic E-state index is 12.9. The minimum Gasteiger partial charge on any atom is -0.335 e. The maximum Gasteiger partial charge on any atom is 0.273 e. The molecule has 0 atom stereocenters. The number of nitrogens with zero attached hydrogens (tertiary/aromatic N) is 5. The van der Waals surface area contributed by atoms with Crippen LogP contribution < -0.4 is 0 Å². The van der Waals surface area contributed by atoms with E-state index in [-0.39, 0.29) is 5.91 Å². The van der Waals surface area contributed by atoms with Gasteiger partial charge in [0.2, 0.25) is 0 Å². The molecule has 1 saturated heterocycles. The summed E-state index contributed by atoms with van der Waals surface area (Å²) < 4.78 is 2.18. The second-order valence-electron chi connectivity index (χ2n) is 7.66. The molecule has 5 rings (SSSR count). The molecule has 30 heavy (non-hydrogen) atoms. The van der Waals surface area contributed by atoms with Gasteiger partial charge >= 0.3 is 0 Å². The lowest BCUT2D eigenvalue weighted by atomic mass is 10.2. The first-order valence-corrected chi connectivity index (χ1v) is 11.8. The van der Waals surface area contributed by atoms with Crippen molar-refractivity contribution >= 4 is 34.2 Å². The van der Waals surface area contributed by atoms with Crippen molar-refractivity contribution in [3.8, 4) is 9.88 Å². The fourth-order valence-electron chi connectivity index (χ4n) is 3.87. The van der Waals surface area contributed by atoms with Crippen LogP contribution in [0.25, 0.3) is 15.5 Å². The van der Waals surface area contributed by atoms with Crippen molar-refractivity contribution in [2.45, 2.75) is 20.4 Å². The smallest absolute Gasteiger partial charge is 0.273 e. The van der Waals surface area contributed by atoms with Gasteiger partial charge in [-0.05, 0) is 43.0 Å². The minimum atomic E-state index is 0.0372. The SMILES string of the molecule is Cc1ccn2c(CN3CCN(C(=O)c4csc(-c5cccs5)n4)CC3)c(C)nc2c1. The van der Waals surface area contributed by atoms with Gasteiger partial charge in [-0.15, -0.1) is 22.7 Å². The van der Waals surface area contributed by atoms with Crippen LogP contribution in [0.15, 0.2) is 41.2 Å². The third-order valence-electron chi connectivity index (χ3n) is 5.57. The van der Waals surface area contributed by atoms with E-state index in [1.807, 2.05) is 27.8 Å². The first kappa shape index (κ1) is 19.4. The minimum absolute atomic E-state index is 0.0372. The van der Waals surface area contributed by atoms with Crippen molar-refractivity contribution in [2.24, 2.45) is 0 Å². The number of fused-ring (bicyclic) bond motifs is 1. The Hall–Kier alpha value is -2.55. The van der Waals surface area contributed by atoms with Crippen molar-refractivity contribution in [3.05, 3.63) is 63.9 Å². The highest BCUT2D eigenvalue weighted by Gasteiger charge is 2.25. The van der Waals surface area contributed by atoms with E-state index in [1.54, 1.807) is 11.3 Å². The Balaban J connectivity index is 1.24. The molecule has 6 nitrogen and oxygen atoms in total. The van der Waals surface area contributed by atoms with Crippen LogP contribution in [-0.4, -0.2) is 56.3 Å². The Morgan fingerprint density at radius 2 is 1.93 bits per heavy atom. The fraction of sp³-hybridized carbons (Fsp3) is 0.318. The standard InChI is InChI=1S/C22H23N5OS2/c1-15-5-6-27-18(16(2)23-20(27)12-15)13-25-7-9-26(10-8-25)22(28)17-14-30-21(24-17)19-4-3-11-29-19/h3-6,11-12,14H,7-10,13H2,1-2H3. The number of hydrogen-bond acceptors (Lipinski definition) is 6. The first-order chi connectivity index (χ1) is 14.6. The highest BCUT2D eigenvalue weighted by Crippen LogP contribution is 2.28. The van der Waals surface area contributed by atoms with Gasteiger partial charge < -0.3 is 9.30 Å². The molecule has 0 saturated carbocycles. The second-order valence-corrected chi connectivity index (χ2v) is 9.47. The summed E-state index contributed by atoms with van der Waals surface area (Å²) in [7, 11) is 0. The number of aromatic nitrogens is 3. The molecule has 1 aliphatic heterocycles. The van der Waals surface area contributed by atoms with Crippen LogP contribution in [0, 0.1) is 13.8 Å². The van der Waals surface area contributed by atoms with Crippen LogP contribution in [0.1, 0.15) is 27.4 Å². The van der Waals surface area contributed by atoms with Gasteiger partial charge in [0.15, 0.2) is 0 Å². The summed E-state index contributed by atoms with van der Waals surface area (Å²) in [6.45, 7) is 8.16. The van der Waals surface area contributed by atoms with Gasteiger partial charge in [0.1, 0.15) is 16.3 Å². The number of imidazole rings is 1. The number of pyridine rings is 1. The molecule has 5 heterocycles. The number of thiophene rings is 1. The molecule has 0 spiro atoms. The molecule has 1 aliphatic rings. The molecule has 4 aromatic rings. The van der Waals surface area contributed by atoms with E-state index in [1.165, 1.54) is 22.6 Å². The average Bonchev–Trinajstić information content (AvgIpc) is 3.48. The van der Waals surface area contributed by atoms with Crippen LogP contribution in [-0.2, 0) is 6.54 Å². The van der Waals surface area contributed by atoms with Gasteiger partial charge in [-0.25, -0.2) is 9.97 Å². The lowest BCUT2D eigenvalue weighted by Gasteiger charge is -2.34. The van der Waals surface area contributed by atoms with Gasteiger partial charge in [0, 0.05) is 44.3 Å². The lowest BCUT2D eigenvalue weighted by molar-refractivity contribution is 0.0621. The van der Waals surface area contributed by atoms with Gasteiger partial charge in [-0.2, -0.15) is 0 Å². The third-order valence-corrected chi connectivity index (χ3v) is 7.45. The van der Waals surface area contributed by atoms with E-state index >= 15 is 0 Å². The van der Waals surface area contributed by atoms with Crippen LogP contribution in [0.5, 0.6) is 0 Å². The number of carbonyl (C=O) groups excluding carboxylic acids is 1. The normalized spacial score (nSPS) is 15.2. The quantitative estimate of drug-likeness (QED) is 0.482. The van der Waals surface area contributed by atoms with E-state index in [9.17, 15) is 4.79 Å². The number of amides is 1. The molecule has 0 aromatic carbocycles. The molecule has 154 valence electrons. The fourth-order valence-corrected chi connectivity index (χ4v) is 5.48. The molecule has 0 aliphatic carbocycles. The van der Waals surface area contributed by atoms with Crippen LogP contribution >= 0.6 is 22.7 Å². The molecule has 0 unspecified atom stereocenters. The van der Waals surface area contributed by atoms with E-state index in [0.717, 1.165) is 53.9 Å². The number of piperazine rings is 1. The molecule has 4 aromatic heterocycles. The van der Waals surface area contributed by atoms with Crippen LogP contribution in [0.2, 0.25) is 0 Å². The summed E-state index contributed by atoms with van der Waals surface area (Å²) >= 11 is 3.19. The number of carbonyl (C=O) groups is 1. The number of rotatable bonds is 4. The monoisotopic (exact) mass is 437 g/mol. The van der Waals surface area contributed by atoms with Gasteiger partial charge in [-0.3, -0.25) is 9.69 Å². The molecule has 0 radical (unpaired) electrons. The summed E-state index contributed by atoms with van der Waals surface area (Å²) in [5.74, 6) is 0.0372. The van der Waals surface area contributed by atoms with Gasteiger partial charge in [-0.1, -0.05) is 6.07 Å². The maximum absolute atomic E-state index is 12.9. The third kappa shape index (κ3) is 3.66. The first-order valence-electron chi connectivity index (χ1n) is 10.0. The van der Waals surface area contributed by atoms with Crippen LogP contribution in [0.3, 0.4) is 0 Å². The lowest BCUT2D eigenvalue weighted by Crippen LogP contribution is -2.48. The largest absolute Gasteiger partial charge is 0.335 e.